The van der Waals surface area contributed by atoms with Crippen molar-refractivity contribution in [3.05, 3.63) is 65.2 Å². The summed E-state index contributed by atoms with van der Waals surface area (Å²) in [5.74, 6) is 1.12. The molecular formula is C22H29NO2. The van der Waals surface area contributed by atoms with Crippen LogP contribution >= 0.6 is 0 Å². The van der Waals surface area contributed by atoms with Crippen molar-refractivity contribution in [2.75, 3.05) is 6.54 Å². The van der Waals surface area contributed by atoms with Crippen molar-refractivity contribution in [3.8, 4) is 5.75 Å². The Morgan fingerprint density at radius 3 is 2.32 bits per heavy atom. The van der Waals surface area contributed by atoms with Gasteiger partial charge in [-0.15, -0.1) is 0 Å². The molecule has 25 heavy (non-hydrogen) atoms. The lowest BCUT2D eigenvalue weighted by Gasteiger charge is -2.14. The first kappa shape index (κ1) is 19.0. The SMILES string of the molecule is CC(C)Oc1ccccc1C(=O)NCCCc1ccc(C(C)C)cc1. The highest BCUT2D eigenvalue weighted by Gasteiger charge is 2.12. The maximum atomic E-state index is 12.4. The fourth-order valence-corrected chi connectivity index (χ4v) is 2.67. The third kappa shape index (κ3) is 5.93. The smallest absolute Gasteiger partial charge is 0.255 e. The number of aryl methyl sites for hydroxylation is 1. The molecule has 0 aromatic heterocycles. The van der Waals surface area contributed by atoms with Gasteiger partial charge in [-0.05, 0) is 55.9 Å². The Hall–Kier alpha value is -2.29. The molecule has 3 nitrogen and oxygen atoms in total. The van der Waals surface area contributed by atoms with Crippen LogP contribution in [0.3, 0.4) is 0 Å². The molecule has 0 aliphatic carbocycles. The molecular weight excluding hydrogens is 310 g/mol. The van der Waals surface area contributed by atoms with Crippen LogP contribution in [0.4, 0.5) is 0 Å². The lowest BCUT2D eigenvalue weighted by atomic mass is 10.0. The van der Waals surface area contributed by atoms with Crippen LogP contribution in [0.5, 0.6) is 5.75 Å². The van der Waals surface area contributed by atoms with Crippen molar-refractivity contribution >= 4 is 5.91 Å². The summed E-state index contributed by atoms with van der Waals surface area (Å²) in [5, 5.41) is 2.99. The third-order valence-electron chi connectivity index (χ3n) is 4.07. The summed E-state index contributed by atoms with van der Waals surface area (Å²) < 4.78 is 5.71. The quantitative estimate of drug-likeness (QED) is 0.690. The predicted molar refractivity (Wildman–Crippen MR) is 103 cm³/mol. The van der Waals surface area contributed by atoms with Crippen molar-refractivity contribution < 1.29 is 9.53 Å². The van der Waals surface area contributed by atoms with E-state index >= 15 is 0 Å². The van der Waals surface area contributed by atoms with Gasteiger partial charge < -0.3 is 10.1 Å². The van der Waals surface area contributed by atoms with Gasteiger partial charge in [0, 0.05) is 6.54 Å². The molecule has 0 aliphatic heterocycles. The second kappa shape index (κ2) is 9.26. The van der Waals surface area contributed by atoms with E-state index in [4.69, 9.17) is 4.74 Å². The zero-order chi connectivity index (χ0) is 18.2. The van der Waals surface area contributed by atoms with Crippen molar-refractivity contribution in [1.82, 2.24) is 5.32 Å². The van der Waals surface area contributed by atoms with Crippen LogP contribution in [0.1, 0.15) is 61.5 Å². The van der Waals surface area contributed by atoms with Gasteiger partial charge in [0.15, 0.2) is 0 Å². The van der Waals surface area contributed by atoms with Crippen molar-refractivity contribution in [2.24, 2.45) is 0 Å². The second-order valence-corrected chi connectivity index (χ2v) is 6.92. The van der Waals surface area contributed by atoms with Gasteiger partial charge in [-0.2, -0.15) is 0 Å². The zero-order valence-electron chi connectivity index (χ0n) is 15.7. The molecule has 1 amide bonds. The number of amides is 1. The van der Waals surface area contributed by atoms with Crippen LogP contribution in [-0.2, 0) is 6.42 Å². The van der Waals surface area contributed by atoms with Gasteiger partial charge in [-0.3, -0.25) is 4.79 Å². The average Bonchev–Trinajstić information content (AvgIpc) is 2.59. The van der Waals surface area contributed by atoms with Crippen LogP contribution in [0.15, 0.2) is 48.5 Å². The molecule has 0 aliphatic rings. The standard InChI is InChI=1S/C22H29NO2/c1-16(2)19-13-11-18(12-14-19)8-7-15-23-22(24)20-9-5-6-10-21(20)25-17(3)4/h5-6,9-14,16-17H,7-8,15H2,1-4H3,(H,23,24). The Morgan fingerprint density at radius 1 is 1.00 bits per heavy atom. The molecule has 0 fully saturated rings. The monoisotopic (exact) mass is 339 g/mol. The number of hydrogen-bond donors (Lipinski definition) is 1. The Morgan fingerprint density at radius 2 is 1.68 bits per heavy atom. The summed E-state index contributed by atoms with van der Waals surface area (Å²) in [6.07, 6.45) is 1.92. The number of rotatable bonds is 8. The summed E-state index contributed by atoms with van der Waals surface area (Å²) in [4.78, 5) is 12.4. The minimum atomic E-state index is -0.0774. The Labute approximate surface area is 151 Å². The van der Waals surface area contributed by atoms with E-state index in [0.717, 1.165) is 12.8 Å². The van der Waals surface area contributed by atoms with Crippen molar-refractivity contribution in [3.63, 3.8) is 0 Å². The maximum Gasteiger partial charge on any atom is 0.255 e. The summed E-state index contributed by atoms with van der Waals surface area (Å²) >= 11 is 0. The molecule has 3 heteroatoms. The summed E-state index contributed by atoms with van der Waals surface area (Å²) in [7, 11) is 0. The molecule has 0 bridgehead atoms. The van der Waals surface area contributed by atoms with Crippen LogP contribution in [0.25, 0.3) is 0 Å². The van der Waals surface area contributed by atoms with Gasteiger partial charge >= 0.3 is 0 Å². The van der Waals surface area contributed by atoms with Crippen LogP contribution in [0.2, 0.25) is 0 Å². The van der Waals surface area contributed by atoms with Crippen molar-refractivity contribution in [2.45, 2.75) is 52.6 Å². The lowest BCUT2D eigenvalue weighted by Crippen LogP contribution is -2.25. The molecule has 2 aromatic carbocycles. The number of nitrogens with one attached hydrogen (secondary N) is 1. The molecule has 2 rings (SSSR count). The highest BCUT2D eigenvalue weighted by molar-refractivity contribution is 5.96. The van der Waals surface area contributed by atoms with Crippen LogP contribution in [-0.4, -0.2) is 18.6 Å². The minimum Gasteiger partial charge on any atom is -0.490 e. The number of carbonyl (C=O) groups excluding carboxylic acids is 1. The fourth-order valence-electron chi connectivity index (χ4n) is 2.67. The number of hydrogen-bond acceptors (Lipinski definition) is 2. The van der Waals surface area contributed by atoms with Gasteiger partial charge in [0.2, 0.25) is 0 Å². The zero-order valence-corrected chi connectivity index (χ0v) is 15.7. The minimum absolute atomic E-state index is 0.0442. The average molecular weight is 339 g/mol. The second-order valence-electron chi connectivity index (χ2n) is 6.92. The molecule has 0 spiro atoms. The highest BCUT2D eigenvalue weighted by atomic mass is 16.5. The Balaban J connectivity index is 1.83. The number of ether oxygens (including phenoxy) is 1. The number of carbonyl (C=O) groups is 1. The molecule has 0 unspecified atom stereocenters. The number of benzene rings is 2. The summed E-state index contributed by atoms with van der Waals surface area (Å²) in [6.45, 7) is 8.97. The lowest BCUT2D eigenvalue weighted by molar-refractivity contribution is 0.0947. The van der Waals surface area contributed by atoms with Gasteiger partial charge in [-0.25, -0.2) is 0 Å². The van der Waals surface area contributed by atoms with E-state index < -0.39 is 0 Å². The molecule has 2 aromatic rings. The fraction of sp³-hybridized carbons (Fsp3) is 0.409. The van der Waals surface area contributed by atoms with E-state index in [1.807, 2.05) is 32.0 Å². The topological polar surface area (TPSA) is 38.3 Å². The summed E-state index contributed by atoms with van der Waals surface area (Å²) in [6, 6.07) is 16.1. The van der Waals surface area contributed by atoms with Crippen molar-refractivity contribution in [1.29, 1.82) is 0 Å². The molecule has 0 heterocycles. The van der Waals surface area contributed by atoms with E-state index in [2.05, 4.69) is 43.4 Å². The third-order valence-corrected chi connectivity index (χ3v) is 4.07. The van der Waals surface area contributed by atoms with Gasteiger partial charge in [0.1, 0.15) is 5.75 Å². The van der Waals surface area contributed by atoms with Crippen LogP contribution < -0.4 is 10.1 Å². The first-order chi connectivity index (χ1) is 12.0. The maximum absolute atomic E-state index is 12.4. The van der Waals surface area contributed by atoms with E-state index in [-0.39, 0.29) is 12.0 Å². The number of para-hydroxylation sites is 1. The van der Waals surface area contributed by atoms with E-state index in [1.165, 1.54) is 11.1 Å². The molecule has 0 radical (unpaired) electrons. The molecule has 0 saturated carbocycles. The normalized spacial score (nSPS) is 11.0. The summed E-state index contributed by atoms with van der Waals surface area (Å²) in [5.41, 5.74) is 3.26. The van der Waals surface area contributed by atoms with E-state index in [9.17, 15) is 4.79 Å². The first-order valence-electron chi connectivity index (χ1n) is 9.10. The van der Waals surface area contributed by atoms with Crippen LogP contribution in [0, 0.1) is 0 Å². The highest BCUT2D eigenvalue weighted by Crippen LogP contribution is 2.19. The van der Waals surface area contributed by atoms with E-state index in [1.54, 1.807) is 6.07 Å². The van der Waals surface area contributed by atoms with Gasteiger partial charge in [-0.1, -0.05) is 50.2 Å². The van der Waals surface area contributed by atoms with Gasteiger partial charge in [0.05, 0.1) is 11.7 Å². The molecule has 0 saturated heterocycles. The largest absolute Gasteiger partial charge is 0.490 e. The molecule has 1 N–H and O–H groups in total. The Kier molecular flexibility index (Phi) is 7.05. The van der Waals surface area contributed by atoms with Gasteiger partial charge in [0.25, 0.3) is 5.91 Å². The Bertz CT molecular complexity index is 675. The molecule has 134 valence electrons. The first-order valence-corrected chi connectivity index (χ1v) is 9.10. The van der Waals surface area contributed by atoms with E-state index in [0.29, 0.717) is 23.8 Å². The molecule has 0 atom stereocenters. The predicted octanol–water partition coefficient (Wildman–Crippen LogP) is 4.96.